The van der Waals surface area contributed by atoms with E-state index in [1.165, 1.54) is 4.90 Å². The van der Waals surface area contributed by atoms with Crippen LogP contribution in [0.2, 0.25) is 5.02 Å². The van der Waals surface area contributed by atoms with E-state index in [1.54, 1.807) is 38.3 Å². The molecule has 30 heavy (non-hydrogen) atoms. The molecule has 0 aliphatic heterocycles. The largest absolute Gasteiger partial charge is 0.497 e. The highest BCUT2D eigenvalue weighted by Gasteiger charge is 2.26. The number of nitrogens with zero attached hydrogens (tertiary/aromatic N) is 1. The van der Waals surface area contributed by atoms with Crippen molar-refractivity contribution in [3.8, 4) is 11.5 Å². The van der Waals surface area contributed by atoms with Gasteiger partial charge in [0, 0.05) is 18.1 Å². The fourth-order valence-corrected chi connectivity index (χ4v) is 2.97. The fourth-order valence-electron chi connectivity index (χ4n) is 2.79. The normalized spacial score (nSPS) is 11.7. The van der Waals surface area contributed by atoms with E-state index in [0.717, 1.165) is 5.56 Å². The summed E-state index contributed by atoms with van der Waals surface area (Å²) in [4.78, 5) is 27.1. The van der Waals surface area contributed by atoms with E-state index >= 15 is 0 Å². The smallest absolute Gasteiger partial charge is 0.261 e. The van der Waals surface area contributed by atoms with Gasteiger partial charge in [-0.3, -0.25) is 9.59 Å². The zero-order chi connectivity index (χ0) is 22.1. The molecule has 2 aromatic rings. The molecule has 0 aliphatic carbocycles. The number of hydrogen-bond acceptors (Lipinski definition) is 4. The summed E-state index contributed by atoms with van der Waals surface area (Å²) in [6.07, 6.45) is 0. The maximum absolute atomic E-state index is 13.0. The van der Waals surface area contributed by atoms with Gasteiger partial charge in [-0.05, 0) is 48.7 Å². The molecule has 0 fully saturated rings. The summed E-state index contributed by atoms with van der Waals surface area (Å²) < 4.78 is 10.9. The Kier molecular flexibility index (Phi) is 8.99. The summed E-state index contributed by atoms with van der Waals surface area (Å²) in [6.45, 7) is 6.35. The molecule has 0 unspecified atom stereocenters. The van der Waals surface area contributed by atoms with E-state index in [0.29, 0.717) is 29.0 Å². The van der Waals surface area contributed by atoms with Gasteiger partial charge in [-0.1, -0.05) is 43.6 Å². The number of carbonyl (C=O) groups is 2. The van der Waals surface area contributed by atoms with Crippen molar-refractivity contribution < 1.29 is 19.1 Å². The second-order valence-corrected chi connectivity index (χ2v) is 7.87. The summed E-state index contributed by atoms with van der Waals surface area (Å²) in [6, 6.07) is 13.6. The van der Waals surface area contributed by atoms with E-state index in [1.807, 2.05) is 38.1 Å². The molecule has 0 bridgehead atoms. The predicted octanol–water partition coefficient (Wildman–Crippen LogP) is 3.92. The van der Waals surface area contributed by atoms with Crippen molar-refractivity contribution >= 4 is 23.4 Å². The van der Waals surface area contributed by atoms with Gasteiger partial charge in [0.1, 0.15) is 17.5 Å². The van der Waals surface area contributed by atoms with Crippen molar-refractivity contribution in [1.82, 2.24) is 10.2 Å². The third-order valence-electron chi connectivity index (χ3n) is 4.50. The molecule has 0 radical (unpaired) electrons. The van der Waals surface area contributed by atoms with Crippen LogP contribution >= 0.6 is 11.6 Å². The number of rotatable bonds is 10. The Labute approximate surface area is 183 Å². The van der Waals surface area contributed by atoms with Crippen molar-refractivity contribution in [3.63, 3.8) is 0 Å². The van der Waals surface area contributed by atoms with Crippen molar-refractivity contribution in [3.05, 3.63) is 59.1 Å². The number of amides is 2. The van der Waals surface area contributed by atoms with Crippen LogP contribution in [0.3, 0.4) is 0 Å². The summed E-state index contributed by atoms with van der Waals surface area (Å²) in [5, 5.41) is 3.41. The number of carbonyl (C=O) groups excluding carboxylic acids is 2. The molecule has 2 amide bonds. The minimum Gasteiger partial charge on any atom is -0.497 e. The van der Waals surface area contributed by atoms with E-state index in [-0.39, 0.29) is 25.0 Å². The molecule has 0 aliphatic rings. The lowest BCUT2D eigenvalue weighted by Gasteiger charge is -2.29. The molecule has 1 N–H and O–H groups in total. The lowest BCUT2D eigenvalue weighted by molar-refractivity contribution is -0.142. The van der Waals surface area contributed by atoms with Gasteiger partial charge in [0.2, 0.25) is 5.91 Å². The van der Waals surface area contributed by atoms with Gasteiger partial charge in [0.15, 0.2) is 6.61 Å². The van der Waals surface area contributed by atoms with Crippen LogP contribution in [0.25, 0.3) is 0 Å². The second-order valence-electron chi connectivity index (χ2n) is 7.43. The van der Waals surface area contributed by atoms with Gasteiger partial charge >= 0.3 is 0 Å². The number of ether oxygens (including phenoxy) is 2. The summed E-state index contributed by atoms with van der Waals surface area (Å²) in [5.74, 6) is 0.989. The van der Waals surface area contributed by atoms with Gasteiger partial charge in [-0.2, -0.15) is 0 Å². The lowest BCUT2D eigenvalue weighted by Crippen LogP contribution is -2.49. The van der Waals surface area contributed by atoms with Crippen LogP contribution in [-0.4, -0.2) is 43.0 Å². The zero-order valence-corrected chi connectivity index (χ0v) is 18.6. The van der Waals surface area contributed by atoms with Crippen molar-refractivity contribution in [2.24, 2.45) is 5.92 Å². The van der Waals surface area contributed by atoms with Crippen LogP contribution in [0.1, 0.15) is 26.3 Å². The van der Waals surface area contributed by atoms with E-state index in [9.17, 15) is 9.59 Å². The fraction of sp³-hybridized carbons (Fsp3) is 0.391. The van der Waals surface area contributed by atoms with Gasteiger partial charge in [-0.15, -0.1) is 0 Å². The number of hydrogen-bond donors (Lipinski definition) is 1. The third kappa shape index (κ3) is 7.26. The molecule has 6 nitrogen and oxygen atoms in total. The highest BCUT2D eigenvalue weighted by Crippen LogP contribution is 2.19. The maximum atomic E-state index is 13.0. The first kappa shape index (κ1) is 23.5. The Morgan fingerprint density at radius 1 is 1.07 bits per heavy atom. The molecule has 162 valence electrons. The first-order valence-corrected chi connectivity index (χ1v) is 10.3. The van der Waals surface area contributed by atoms with Crippen LogP contribution in [-0.2, 0) is 16.1 Å². The van der Waals surface area contributed by atoms with Crippen molar-refractivity contribution in [2.45, 2.75) is 33.4 Å². The van der Waals surface area contributed by atoms with Crippen molar-refractivity contribution in [2.75, 3.05) is 20.3 Å². The van der Waals surface area contributed by atoms with Crippen LogP contribution in [0.5, 0.6) is 11.5 Å². The average Bonchev–Trinajstić information content (AvgIpc) is 2.73. The Morgan fingerprint density at radius 3 is 2.43 bits per heavy atom. The van der Waals surface area contributed by atoms with Crippen LogP contribution < -0.4 is 14.8 Å². The number of halogens is 1. The van der Waals surface area contributed by atoms with E-state index in [2.05, 4.69) is 5.32 Å². The molecule has 2 rings (SSSR count). The number of nitrogens with one attached hydrogen (secondary N) is 1. The van der Waals surface area contributed by atoms with Crippen LogP contribution in [0.4, 0.5) is 0 Å². The lowest BCUT2D eigenvalue weighted by atomic mass is 10.1. The molecule has 0 saturated heterocycles. The average molecular weight is 433 g/mol. The Morgan fingerprint density at radius 2 is 1.77 bits per heavy atom. The second kappa shape index (κ2) is 11.5. The monoisotopic (exact) mass is 432 g/mol. The third-order valence-corrected chi connectivity index (χ3v) is 4.73. The minimum absolute atomic E-state index is 0.202. The summed E-state index contributed by atoms with van der Waals surface area (Å²) in [5.41, 5.74) is 0.856. The topological polar surface area (TPSA) is 67.9 Å². The summed E-state index contributed by atoms with van der Waals surface area (Å²) >= 11 is 5.97. The van der Waals surface area contributed by atoms with E-state index in [4.69, 9.17) is 21.1 Å². The van der Waals surface area contributed by atoms with Gasteiger partial charge in [0.25, 0.3) is 5.91 Å². The Balaban J connectivity index is 2.15. The number of benzene rings is 2. The quantitative estimate of drug-likeness (QED) is 0.618. The molecular formula is C23H29ClN2O4. The van der Waals surface area contributed by atoms with Crippen LogP contribution in [0, 0.1) is 5.92 Å². The van der Waals surface area contributed by atoms with Gasteiger partial charge < -0.3 is 19.7 Å². The molecule has 0 saturated carbocycles. The van der Waals surface area contributed by atoms with Crippen molar-refractivity contribution in [1.29, 1.82) is 0 Å². The van der Waals surface area contributed by atoms with E-state index < -0.39 is 6.04 Å². The molecule has 1 atom stereocenters. The standard InChI is InChI=1S/C23H29ClN2O4/c1-16(2)13-25-23(28)17(3)26(14-18-7-5-9-20(11-18)29-4)22(27)15-30-21-10-6-8-19(24)12-21/h5-12,16-17H,13-15H2,1-4H3,(H,25,28)/t17-/m0/s1. The highest BCUT2D eigenvalue weighted by molar-refractivity contribution is 6.30. The highest BCUT2D eigenvalue weighted by atomic mass is 35.5. The maximum Gasteiger partial charge on any atom is 0.261 e. The molecule has 0 aromatic heterocycles. The molecule has 0 spiro atoms. The first-order chi connectivity index (χ1) is 14.3. The SMILES string of the molecule is COc1cccc(CN(C(=O)COc2cccc(Cl)c2)[C@@H](C)C(=O)NCC(C)C)c1. The Hall–Kier alpha value is -2.73. The number of methoxy groups -OCH3 is 1. The molecular weight excluding hydrogens is 404 g/mol. The first-order valence-electron chi connectivity index (χ1n) is 9.88. The minimum atomic E-state index is -0.662. The Bertz CT molecular complexity index is 857. The van der Waals surface area contributed by atoms with Gasteiger partial charge in [0.05, 0.1) is 7.11 Å². The molecule has 0 heterocycles. The van der Waals surface area contributed by atoms with Crippen LogP contribution in [0.15, 0.2) is 48.5 Å². The van der Waals surface area contributed by atoms with Gasteiger partial charge in [-0.25, -0.2) is 0 Å². The zero-order valence-electron chi connectivity index (χ0n) is 17.9. The molecule has 7 heteroatoms. The predicted molar refractivity (Wildman–Crippen MR) is 118 cm³/mol. The summed E-state index contributed by atoms with van der Waals surface area (Å²) in [7, 11) is 1.59. The molecule has 2 aromatic carbocycles.